The molecule has 0 spiro atoms. The van der Waals surface area contributed by atoms with Crippen LogP contribution in [0.4, 0.5) is 17.3 Å². The van der Waals surface area contributed by atoms with Crippen LogP contribution < -0.4 is 10.6 Å². The van der Waals surface area contributed by atoms with Crippen molar-refractivity contribution in [3.63, 3.8) is 0 Å². The number of benzene rings is 3. The van der Waals surface area contributed by atoms with Crippen LogP contribution in [0, 0.1) is 6.92 Å². The Morgan fingerprint density at radius 3 is 2.33 bits per heavy atom. The van der Waals surface area contributed by atoms with Crippen molar-refractivity contribution in [3.8, 4) is 11.3 Å². The maximum absolute atomic E-state index is 13.0. The van der Waals surface area contributed by atoms with E-state index in [1.807, 2.05) is 84.6 Å². The summed E-state index contributed by atoms with van der Waals surface area (Å²) < 4.78 is 5.33. The molecule has 1 fully saturated rings. The van der Waals surface area contributed by atoms with E-state index in [2.05, 4.69) is 36.4 Å². The smallest absolute Gasteiger partial charge is 0.255 e. The number of nitrogens with one attached hydrogen (secondary N) is 2. The maximum Gasteiger partial charge on any atom is 0.255 e. The van der Waals surface area contributed by atoms with Crippen LogP contribution in [0.1, 0.15) is 47.8 Å². The van der Waals surface area contributed by atoms with Crippen molar-refractivity contribution in [1.29, 1.82) is 0 Å². The van der Waals surface area contributed by atoms with Crippen molar-refractivity contribution in [3.05, 3.63) is 101 Å². The molecule has 4 aromatic rings. The number of rotatable bonds is 7. The predicted molar refractivity (Wildman–Crippen MR) is 166 cm³/mol. The number of amides is 2. The molecule has 1 aromatic heterocycles. The van der Waals surface area contributed by atoms with Crippen LogP contribution in [0.15, 0.2) is 79.0 Å². The second-order valence-corrected chi connectivity index (χ2v) is 11.5. The van der Waals surface area contributed by atoms with Crippen LogP contribution in [0.2, 0.25) is 0 Å². The lowest BCUT2D eigenvalue weighted by Crippen LogP contribution is -2.41. The summed E-state index contributed by atoms with van der Waals surface area (Å²) in [5, 5.41) is 6.31. The van der Waals surface area contributed by atoms with Gasteiger partial charge in [0.1, 0.15) is 0 Å². The topological polar surface area (TPSA) is 96.5 Å². The average Bonchev–Trinajstić information content (AvgIpc) is 2.99. The molecule has 0 unspecified atom stereocenters. The first-order valence-corrected chi connectivity index (χ1v) is 14.2. The number of carbonyl (C=O) groups is 2. The first-order valence-electron chi connectivity index (χ1n) is 14.2. The fourth-order valence-electron chi connectivity index (χ4n) is 4.87. The number of hydrogen-bond donors (Lipinski definition) is 2. The Hall–Kier alpha value is -4.56. The molecule has 1 saturated heterocycles. The molecule has 2 N–H and O–H groups in total. The van der Waals surface area contributed by atoms with Crippen molar-refractivity contribution in [2.45, 2.75) is 39.5 Å². The quantitative estimate of drug-likeness (QED) is 0.280. The van der Waals surface area contributed by atoms with Gasteiger partial charge in [0, 0.05) is 41.8 Å². The van der Waals surface area contributed by atoms with Crippen LogP contribution in [0.25, 0.3) is 11.3 Å². The van der Waals surface area contributed by atoms with E-state index in [9.17, 15) is 9.59 Å². The third-order valence-corrected chi connectivity index (χ3v) is 7.46. The van der Waals surface area contributed by atoms with Crippen LogP contribution in [-0.2, 0) is 21.4 Å². The average molecular weight is 564 g/mol. The van der Waals surface area contributed by atoms with E-state index in [1.54, 1.807) is 6.20 Å². The summed E-state index contributed by atoms with van der Waals surface area (Å²) in [7, 11) is 0. The van der Waals surface area contributed by atoms with Gasteiger partial charge in [-0.1, -0.05) is 57.2 Å². The molecule has 2 heterocycles. The number of ether oxygens (including phenoxy) is 1. The molecule has 1 aliphatic rings. The van der Waals surface area contributed by atoms with Crippen molar-refractivity contribution in [1.82, 2.24) is 14.9 Å². The molecular formula is C34H37N5O3. The molecule has 5 rings (SSSR count). The van der Waals surface area contributed by atoms with Gasteiger partial charge in [0.25, 0.3) is 5.91 Å². The first kappa shape index (κ1) is 29.0. The fraction of sp³-hybridized carbons (Fsp3) is 0.294. The highest BCUT2D eigenvalue weighted by Crippen LogP contribution is 2.29. The highest BCUT2D eigenvalue weighted by molar-refractivity contribution is 6.05. The number of carbonyl (C=O) groups excluding carboxylic acids is 2. The molecule has 0 bridgehead atoms. The van der Waals surface area contributed by atoms with Crippen molar-refractivity contribution >= 4 is 29.1 Å². The Balaban J connectivity index is 1.26. The molecule has 3 aromatic carbocycles. The van der Waals surface area contributed by atoms with Crippen molar-refractivity contribution < 1.29 is 14.3 Å². The van der Waals surface area contributed by atoms with Crippen LogP contribution in [-0.4, -0.2) is 53.0 Å². The van der Waals surface area contributed by atoms with Gasteiger partial charge in [-0.3, -0.25) is 9.59 Å². The molecule has 42 heavy (non-hydrogen) atoms. The van der Waals surface area contributed by atoms with Gasteiger partial charge in [0.05, 0.1) is 25.3 Å². The standard InChI is InChI=1S/C34H37N5O3/c1-23-28(6-5-7-29(23)37-32(41)25-10-12-26(13-11-25)34(2,3)4)30-16-17-35-33(38-30)36-27-14-8-24(9-15-27)22-31(40)39-18-20-42-21-19-39/h5-17H,18-22H2,1-4H3,(H,37,41)(H,35,36,38). The Kier molecular flexibility index (Phi) is 8.64. The highest BCUT2D eigenvalue weighted by atomic mass is 16.5. The molecular weight excluding hydrogens is 526 g/mol. The predicted octanol–water partition coefficient (Wildman–Crippen LogP) is 6.15. The van der Waals surface area contributed by atoms with Crippen LogP contribution in [0.3, 0.4) is 0 Å². The molecule has 8 heteroatoms. The van der Waals surface area contributed by atoms with E-state index >= 15 is 0 Å². The van der Waals surface area contributed by atoms with E-state index in [-0.39, 0.29) is 17.2 Å². The highest BCUT2D eigenvalue weighted by Gasteiger charge is 2.18. The summed E-state index contributed by atoms with van der Waals surface area (Å²) >= 11 is 0. The van der Waals surface area contributed by atoms with E-state index in [0.717, 1.165) is 33.8 Å². The maximum atomic E-state index is 13.0. The van der Waals surface area contributed by atoms with E-state index < -0.39 is 0 Å². The Bertz CT molecular complexity index is 1550. The summed E-state index contributed by atoms with van der Waals surface area (Å²) in [4.78, 5) is 36.6. The number of nitrogens with zero attached hydrogens (tertiary/aromatic N) is 3. The number of anilines is 3. The molecule has 0 aliphatic carbocycles. The van der Waals surface area contributed by atoms with Gasteiger partial charge >= 0.3 is 0 Å². The third-order valence-electron chi connectivity index (χ3n) is 7.46. The zero-order valence-electron chi connectivity index (χ0n) is 24.6. The Morgan fingerprint density at radius 2 is 1.64 bits per heavy atom. The molecule has 0 atom stereocenters. The Labute approximate surface area is 247 Å². The molecule has 2 amide bonds. The fourth-order valence-corrected chi connectivity index (χ4v) is 4.87. The molecule has 0 radical (unpaired) electrons. The van der Waals surface area contributed by atoms with Crippen molar-refractivity contribution in [2.24, 2.45) is 0 Å². The molecule has 216 valence electrons. The molecule has 0 saturated carbocycles. The van der Waals surface area contributed by atoms with E-state index in [0.29, 0.717) is 44.2 Å². The summed E-state index contributed by atoms with van der Waals surface area (Å²) in [6.45, 7) is 10.9. The largest absolute Gasteiger partial charge is 0.378 e. The lowest BCUT2D eigenvalue weighted by Gasteiger charge is -2.26. The second-order valence-electron chi connectivity index (χ2n) is 11.5. The summed E-state index contributed by atoms with van der Waals surface area (Å²) in [5.41, 5.74) is 6.87. The number of morpholine rings is 1. The minimum atomic E-state index is -0.157. The van der Waals surface area contributed by atoms with Gasteiger partial charge in [-0.25, -0.2) is 9.97 Å². The van der Waals surface area contributed by atoms with E-state index in [1.165, 1.54) is 5.56 Å². The molecule has 8 nitrogen and oxygen atoms in total. The van der Waals surface area contributed by atoms with Gasteiger partial charge in [0.2, 0.25) is 11.9 Å². The normalized spacial score (nSPS) is 13.5. The molecule has 1 aliphatic heterocycles. The summed E-state index contributed by atoms with van der Waals surface area (Å²) in [6, 6.07) is 23.1. The third kappa shape index (κ3) is 7.01. The lowest BCUT2D eigenvalue weighted by molar-refractivity contribution is -0.134. The van der Waals surface area contributed by atoms with Crippen molar-refractivity contribution in [2.75, 3.05) is 36.9 Å². The van der Waals surface area contributed by atoms with Gasteiger partial charge in [-0.05, 0) is 65.4 Å². The van der Waals surface area contributed by atoms with Crippen LogP contribution in [0.5, 0.6) is 0 Å². The zero-order valence-corrected chi connectivity index (χ0v) is 24.6. The van der Waals surface area contributed by atoms with Gasteiger partial charge in [-0.15, -0.1) is 0 Å². The van der Waals surface area contributed by atoms with Gasteiger partial charge in [0.15, 0.2) is 0 Å². The van der Waals surface area contributed by atoms with Gasteiger partial charge < -0.3 is 20.3 Å². The van der Waals surface area contributed by atoms with Crippen LogP contribution >= 0.6 is 0 Å². The minimum Gasteiger partial charge on any atom is -0.378 e. The van der Waals surface area contributed by atoms with E-state index in [4.69, 9.17) is 9.72 Å². The monoisotopic (exact) mass is 563 g/mol. The number of hydrogen-bond acceptors (Lipinski definition) is 6. The summed E-state index contributed by atoms with van der Waals surface area (Å²) in [5.74, 6) is 0.413. The Morgan fingerprint density at radius 1 is 0.929 bits per heavy atom. The first-order chi connectivity index (χ1) is 20.2. The number of aromatic nitrogens is 2. The lowest BCUT2D eigenvalue weighted by atomic mass is 9.86. The summed E-state index contributed by atoms with van der Waals surface area (Å²) in [6.07, 6.45) is 2.07. The zero-order chi connectivity index (χ0) is 29.7. The minimum absolute atomic E-state index is 0.0260. The van der Waals surface area contributed by atoms with Gasteiger partial charge in [-0.2, -0.15) is 0 Å². The second kappa shape index (κ2) is 12.5. The SMILES string of the molecule is Cc1c(NC(=O)c2ccc(C(C)(C)C)cc2)cccc1-c1ccnc(Nc2ccc(CC(=O)N3CCOCC3)cc2)n1.